The average Bonchev–Trinajstić information content (AvgIpc) is 3.19. The Labute approximate surface area is 171 Å². The van der Waals surface area contributed by atoms with Gasteiger partial charge in [-0.1, -0.05) is 0 Å². The Hall–Kier alpha value is -1.36. The average molecular weight is 503 g/mol. The maximum atomic E-state index is 11.6. The standard InChI is InChI=1S/C10H16N5O13P3/c16-5-1-7(15-4-13-8-9(14-17)11-3-12-10(8)15)26-6(5)2-25-30(21,22)28-31(23,24)27-29(18,19)20/h3-7,16-17H,1-2H2,(H,21,22)(H,23,24)(H,11,12,14)(H2,18,19,20)/p-4/t5-,6+,7+/m0/s1. The van der Waals surface area contributed by atoms with Crippen molar-refractivity contribution in [3.05, 3.63) is 12.7 Å². The molecule has 1 fully saturated rings. The van der Waals surface area contributed by atoms with Crippen molar-refractivity contribution in [1.82, 2.24) is 19.5 Å². The molecule has 0 aliphatic carbocycles. The number of aliphatic hydroxyl groups excluding tert-OH is 1. The first-order valence-corrected chi connectivity index (χ1v) is 12.3. The van der Waals surface area contributed by atoms with Gasteiger partial charge in [0.15, 0.2) is 17.0 Å². The summed E-state index contributed by atoms with van der Waals surface area (Å²) in [5.74, 6) is -0.00316. The molecule has 2 unspecified atom stereocenters. The third-order valence-corrected chi connectivity index (χ3v) is 7.44. The summed E-state index contributed by atoms with van der Waals surface area (Å²) in [7, 11) is -17.9. The minimum atomic E-state index is -6.11. The molecule has 21 heteroatoms. The largest absolute Gasteiger partial charge is 0.790 e. The molecule has 3 heterocycles. The second-order valence-electron chi connectivity index (χ2n) is 5.89. The molecule has 0 bridgehead atoms. The van der Waals surface area contributed by atoms with E-state index in [0.717, 1.165) is 6.33 Å². The van der Waals surface area contributed by atoms with E-state index in [0.29, 0.717) is 0 Å². The van der Waals surface area contributed by atoms with Crippen LogP contribution in [0.4, 0.5) is 5.82 Å². The molecule has 0 radical (unpaired) electrons. The lowest BCUT2D eigenvalue weighted by atomic mass is 10.2. The Morgan fingerprint density at radius 1 is 1.16 bits per heavy atom. The van der Waals surface area contributed by atoms with E-state index in [2.05, 4.69) is 28.1 Å². The molecule has 3 rings (SSSR count). The van der Waals surface area contributed by atoms with Crippen LogP contribution in [0, 0.1) is 0 Å². The zero-order valence-electron chi connectivity index (χ0n) is 14.8. The first-order chi connectivity index (χ1) is 14.3. The van der Waals surface area contributed by atoms with Crippen LogP contribution < -0.4 is 25.1 Å². The predicted octanol–water partition coefficient (Wildman–Crippen LogP) is -2.91. The predicted molar refractivity (Wildman–Crippen MR) is 86.2 cm³/mol. The molecular formula is C10H12N5O13P3-4. The molecule has 1 aliphatic rings. The maximum Gasteiger partial charge on any atom is 0.278 e. The zero-order chi connectivity index (χ0) is 23.0. The number of phosphoric acid groups is 3. The van der Waals surface area contributed by atoms with E-state index < -0.39 is 48.5 Å². The number of nitrogens with zero attached hydrogens (tertiary/aromatic N) is 4. The zero-order valence-corrected chi connectivity index (χ0v) is 17.5. The highest BCUT2D eigenvalue weighted by Gasteiger charge is 2.37. The molecule has 2 aromatic rings. The van der Waals surface area contributed by atoms with Crippen LogP contribution in [0.2, 0.25) is 0 Å². The fourth-order valence-electron chi connectivity index (χ4n) is 2.63. The van der Waals surface area contributed by atoms with Gasteiger partial charge in [-0.25, -0.2) is 19.3 Å². The molecule has 31 heavy (non-hydrogen) atoms. The quantitative estimate of drug-likeness (QED) is 0.228. The summed E-state index contributed by atoms with van der Waals surface area (Å²) >= 11 is 0. The molecule has 0 spiro atoms. The van der Waals surface area contributed by atoms with E-state index in [1.54, 1.807) is 0 Å². The molecule has 0 aromatic carbocycles. The number of ether oxygens (including phenoxy) is 1. The SMILES string of the molecule is O=P([O-])([O-])OP(=O)([O-])OP(=O)([O-])OC[C@H]1O[C@@H](n2cnc3c(NO)ncnc32)C[C@@H]1O. The molecule has 3 N–H and O–H groups in total. The molecule has 2 aromatic heterocycles. The van der Waals surface area contributed by atoms with Gasteiger partial charge in [-0.3, -0.25) is 28.7 Å². The number of hydrogen-bond donors (Lipinski definition) is 3. The van der Waals surface area contributed by atoms with Crippen LogP contribution in [-0.4, -0.2) is 48.6 Å². The summed E-state index contributed by atoms with van der Waals surface area (Å²) in [4.78, 5) is 55.1. The first-order valence-electron chi connectivity index (χ1n) is 7.93. The minimum absolute atomic E-state index is 0.00316. The highest BCUT2D eigenvalue weighted by molar-refractivity contribution is 7.64. The van der Waals surface area contributed by atoms with Gasteiger partial charge in [0.25, 0.3) is 15.6 Å². The van der Waals surface area contributed by atoms with Crippen molar-refractivity contribution in [1.29, 1.82) is 0 Å². The Kier molecular flexibility index (Phi) is 6.96. The molecule has 0 amide bonds. The first kappa shape index (κ1) is 24.3. The van der Waals surface area contributed by atoms with Crippen LogP contribution in [-0.2, 0) is 31.6 Å². The van der Waals surface area contributed by atoms with Crippen molar-refractivity contribution in [2.45, 2.75) is 24.9 Å². The van der Waals surface area contributed by atoms with E-state index in [1.807, 2.05) is 5.48 Å². The number of aromatic nitrogens is 4. The van der Waals surface area contributed by atoms with Gasteiger partial charge < -0.3 is 38.5 Å². The molecule has 1 aliphatic heterocycles. The topological polar surface area (TPSA) is 276 Å². The Bertz CT molecular complexity index is 1090. The van der Waals surface area contributed by atoms with E-state index in [1.165, 1.54) is 10.9 Å². The number of nitrogens with one attached hydrogen (secondary N) is 1. The fraction of sp³-hybridized carbons (Fsp3) is 0.500. The Morgan fingerprint density at radius 3 is 2.52 bits per heavy atom. The van der Waals surface area contributed by atoms with Crippen molar-refractivity contribution in [3.63, 3.8) is 0 Å². The highest BCUT2D eigenvalue weighted by atomic mass is 31.3. The van der Waals surface area contributed by atoms with Crippen molar-refractivity contribution in [3.8, 4) is 0 Å². The lowest BCUT2D eigenvalue weighted by molar-refractivity contribution is -0.339. The Morgan fingerprint density at radius 2 is 1.87 bits per heavy atom. The Balaban J connectivity index is 1.65. The fourth-order valence-corrected chi connectivity index (χ4v) is 5.49. The second kappa shape index (κ2) is 8.88. The van der Waals surface area contributed by atoms with E-state index in [9.17, 15) is 38.4 Å². The van der Waals surface area contributed by atoms with Gasteiger partial charge in [-0.2, -0.15) is 0 Å². The molecular weight excluding hydrogens is 491 g/mol. The second-order valence-corrected chi connectivity index (χ2v) is 10.1. The highest BCUT2D eigenvalue weighted by Crippen LogP contribution is 2.60. The minimum Gasteiger partial charge on any atom is -0.790 e. The van der Waals surface area contributed by atoms with Gasteiger partial charge in [0, 0.05) is 6.42 Å². The van der Waals surface area contributed by atoms with E-state index >= 15 is 0 Å². The lowest BCUT2D eigenvalue weighted by Crippen LogP contribution is -2.27. The van der Waals surface area contributed by atoms with Crippen LogP contribution in [0.15, 0.2) is 12.7 Å². The number of rotatable bonds is 9. The molecule has 5 atom stereocenters. The van der Waals surface area contributed by atoms with Crippen molar-refractivity contribution in [2.75, 3.05) is 12.1 Å². The maximum absolute atomic E-state index is 11.6. The van der Waals surface area contributed by atoms with Crippen molar-refractivity contribution < 1.29 is 61.5 Å². The van der Waals surface area contributed by atoms with Gasteiger partial charge >= 0.3 is 0 Å². The summed E-state index contributed by atoms with van der Waals surface area (Å²) in [6, 6.07) is 0. The summed E-state index contributed by atoms with van der Waals surface area (Å²) < 4.78 is 50.6. The van der Waals surface area contributed by atoms with Crippen LogP contribution in [0.5, 0.6) is 0 Å². The van der Waals surface area contributed by atoms with Crippen molar-refractivity contribution >= 4 is 40.4 Å². The molecule has 1 saturated heterocycles. The monoisotopic (exact) mass is 503 g/mol. The van der Waals surface area contributed by atoms with Crippen LogP contribution in [0.3, 0.4) is 0 Å². The number of anilines is 1. The van der Waals surface area contributed by atoms with Crippen LogP contribution in [0.25, 0.3) is 11.2 Å². The van der Waals surface area contributed by atoms with Gasteiger partial charge in [0.2, 0.25) is 0 Å². The number of aliphatic hydroxyl groups is 1. The van der Waals surface area contributed by atoms with Crippen molar-refractivity contribution in [2.24, 2.45) is 0 Å². The summed E-state index contributed by atoms with van der Waals surface area (Å²) in [6.07, 6.45) is -1.22. The molecule has 0 saturated carbocycles. The van der Waals surface area contributed by atoms with Gasteiger partial charge in [0.05, 0.1) is 26.9 Å². The number of fused-ring (bicyclic) bond motifs is 1. The third-order valence-electron chi connectivity index (χ3n) is 3.78. The smallest absolute Gasteiger partial charge is 0.278 e. The summed E-state index contributed by atoms with van der Waals surface area (Å²) in [5, 5.41) is 19.1. The number of phosphoric ester groups is 1. The summed E-state index contributed by atoms with van der Waals surface area (Å²) in [6.45, 7) is -0.935. The molecule has 174 valence electrons. The third kappa shape index (κ3) is 6.12. The van der Waals surface area contributed by atoms with Gasteiger partial charge in [-0.15, -0.1) is 0 Å². The normalized spacial score (nSPS) is 25.9. The molecule has 18 nitrogen and oxygen atoms in total. The van der Waals surface area contributed by atoms with Gasteiger partial charge in [0.1, 0.15) is 18.7 Å². The van der Waals surface area contributed by atoms with Gasteiger partial charge in [-0.05, 0) is 0 Å². The summed E-state index contributed by atoms with van der Waals surface area (Å²) in [5.41, 5.74) is 2.20. The van der Waals surface area contributed by atoms with Crippen LogP contribution >= 0.6 is 23.5 Å². The lowest BCUT2D eigenvalue weighted by Gasteiger charge is -2.37. The van der Waals surface area contributed by atoms with Crippen LogP contribution in [0.1, 0.15) is 12.6 Å². The number of imidazole rings is 1. The number of hydrogen-bond acceptors (Lipinski definition) is 17. The van der Waals surface area contributed by atoms with E-state index in [-0.39, 0.29) is 23.4 Å². The van der Waals surface area contributed by atoms with E-state index in [4.69, 9.17) is 9.94 Å².